The third kappa shape index (κ3) is 5.11. The number of rotatable bonds is 3. The molecule has 2 atom stereocenters. The van der Waals surface area contributed by atoms with Gasteiger partial charge in [0.2, 0.25) is 5.91 Å². The predicted octanol–water partition coefficient (Wildman–Crippen LogP) is 3.44. The van der Waals surface area contributed by atoms with Crippen LogP contribution in [0.4, 0.5) is 13.2 Å². The number of halogens is 4. The van der Waals surface area contributed by atoms with E-state index >= 15 is 0 Å². The quantitative estimate of drug-likeness (QED) is 0.905. The molecule has 130 valence electrons. The molecule has 0 saturated carbocycles. The molecule has 1 heterocycles. The highest BCUT2D eigenvalue weighted by molar-refractivity contribution is 5.85. The molecule has 1 aromatic rings. The Kier molecular flexibility index (Phi) is 6.89. The largest absolute Gasteiger partial charge is 0.416 e. The molecule has 1 fully saturated rings. The number of carbonyl (C=O) groups is 1. The van der Waals surface area contributed by atoms with Crippen molar-refractivity contribution in [3.05, 3.63) is 35.4 Å². The lowest BCUT2D eigenvalue weighted by Gasteiger charge is -2.32. The maximum atomic E-state index is 13.0. The van der Waals surface area contributed by atoms with Gasteiger partial charge in [0.1, 0.15) is 0 Å². The van der Waals surface area contributed by atoms with E-state index in [2.05, 4.69) is 5.32 Å². The van der Waals surface area contributed by atoms with Crippen LogP contribution >= 0.6 is 12.4 Å². The molecule has 0 radical (unpaired) electrons. The van der Waals surface area contributed by atoms with E-state index in [0.29, 0.717) is 13.1 Å². The van der Waals surface area contributed by atoms with Gasteiger partial charge in [0.15, 0.2) is 0 Å². The Bertz CT molecular complexity index is 536. The summed E-state index contributed by atoms with van der Waals surface area (Å²) in [6.07, 6.45) is -4.29. The minimum Gasteiger partial charge on any atom is -0.340 e. The van der Waals surface area contributed by atoms with Gasteiger partial charge in [-0.3, -0.25) is 4.79 Å². The summed E-state index contributed by atoms with van der Waals surface area (Å²) < 4.78 is 39.1. The van der Waals surface area contributed by atoms with Crippen molar-refractivity contribution < 1.29 is 18.0 Å². The number of piperazine rings is 1. The normalized spacial score (nSPS) is 19.9. The van der Waals surface area contributed by atoms with E-state index < -0.39 is 17.7 Å². The van der Waals surface area contributed by atoms with Crippen molar-refractivity contribution in [1.29, 1.82) is 0 Å². The zero-order chi connectivity index (χ0) is 16.3. The van der Waals surface area contributed by atoms with Crippen LogP contribution in [0.15, 0.2) is 24.3 Å². The van der Waals surface area contributed by atoms with Crippen LogP contribution < -0.4 is 5.32 Å². The first kappa shape index (κ1) is 19.8. The Labute approximate surface area is 140 Å². The zero-order valence-corrected chi connectivity index (χ0v) is 14.0. The molecule has 1 N–H and O–H groups in total. The molecular weight excluding hydrogens is 329 g/mol. The van der Waals surface area contributed by atoms with E-state index in [0.717, 1.165) is 12.6 Å². The Morgan fingerprint density at radius 1 is 1.39 bits per heavy atom. The number of alkyl halides is 3. The zero-order valence-electron chi connectivity index (χ0n) is 13.2. The maximum absolute atomic E-state index is 13.0. The summed E-state index contributed by atoms with van der Waals surface area (Å²) in [7, 11) is 0. The van der Waals surface area contributed by atoms with Crippen LogP contribution in [-0.2, 0) is 11.0 Å². The van der Waals surface area contributed by atoms with Crippen molar-refractivity contribution in [1.82, 2.24) is 10.2 Å². The minimum absolute atomic E-state index is 0. The van der Waals surface area contributed by atoms with Gasteiger partial charge in [-0.25, -0.2) is 0 Å². The van der Waals surface area contributed by atoms with Crippen LogP contribution in [-0.4, -0.2) is 36.5 Å². The molecule has 1 aliphatic rings. The molecular formula is C16H22ClF3N2O. The van der Waals surface area contributed by atoms with Crippen molar-refractivity contribution in [3.63, 3.8) is 0 Å². The molecule has 0 aliphatic carbocycles. The lowest BCUT2D eigenvalue weighted by Crippen LogP contribution is -2.51. The first-order valence-corrected chi connectivity index (χ1v) is 7.46. The number of carbonyl (C=O) groups excluding carboxylic acids is 1. The van der Waals surface area contributed by atoms with Crippen LogP contribution in [0, 0.1) is 0 Å². The first-order valence-electron chi connectivity index (χ1n) is 7.46. The fourth-order valence-corrected chi connectivity index (χ4v) is 2.84. The summed E-state index contributed by atoms with van der Waals surface area (Å²) in [4.78, 5) is 14.0. The Hall–Kier alpha value is -1.27. The highest BCUT2D eigenvalue weighted by atomic mass is 35.5. The average Bonchev–Trinajstić information content (AvgIpc) is 2.46. The van der Waals surface area contributed by atoms with Gasteiger partial charge in [0, 0.05) is 32.1 Å². The van der Waals surface area contributed by atoms with E-state index in [9.17, 15) is 18.0 Å². The van der Waals surface area contributed by atoms with Gasteiger partial charge in [-0.2, -0.15) is 13.2 Å². The number of nitrogens with zero attached hydrogens (tertiary/aromatic N) is 1. The predicted molar refractivity (Wildman–Crippen MR) is 85.8 cm³/mol. The fourth-order valence-electron chi connectivity index (χ4n) is 2.84. The molecule has 2 unspecified atom stereocenters. The standard InChI is InChI=1S/C16H21F3N2O.ClH/c1-11(9-15(22)21-8-7-20-12(2)10-21)13-5-3-4-6-14(13)16(17,18)19;/h3-6,11-12,20H,7-10H2,1-2H3;1H. The highest BCUT2D eigenvalue weighted by Gasteiger charge is 2.34. The van der Waals surface area contributed by atoms with Gasteiger partial charge < -0.3 is 10.2 Å². The lowest BCUT2D eigenvalue weighted by atomic mass is 9.92. The number of nitrogens with one attached hydrogen (secondary N) is 1. The Morgan fingerprint density at radius 2 is 2.04 bits per heavy atom. The molecule has 0 spiro atoms. The average molecular weight is 351 g/mol. The van der Waals surface area contributed by atoms with Crippen LogP contribution in [0.5, 0.6) is 0 Å². The van der Waals surface area contributed by atoms with E-state index in [1.165, 1.54) is 12.1 Å². The van der Waals surface area contributed by atoms with Crippen molar-refractivity contribution in [2.24, 2.45) is 0 Å². The Balaban J connectivity index is 0.00000264. The lowest BCUT2D eigenvalue weighted by molar-refractivity contribution is -0.139. The van der Waals surface area contributed by atoms with Gasteiger partial charge in [-0.1, -0.05) is 25.1 Å². The van der Waals surface area contributed by atoms with Gasteiger partial charge in [-0.05, 0) is 24.5 Å². The molecule has 1 aromatic carbocycles. The molecule has 1 saturated heterocycles. The monoisotopic (exact) mass is 350 g/mol. The second-order valence-electron chi connectivity index (χ2n) is 5.89. The molecule has 0 bridgehead atoms. The van der Waals surface area contributed by atoms with Crippen molar-refractivity contribution in [3.8, 4) is 0 Å². The topological polar surface area (TPSA) is 32.3 Å². The molecule has 2 rings (SSSR count). The van der Waals surface area contributed by atoms with Crippen molar-refractivity contribution >= 4 is 18.3 Å². The van der Waals surface area contributed by atoms with Crippen molar-refractivity contribution in [2.45, 2.75) is 38.4 Å². The van der Waals surface area contributed by atoms with Gasteiger partial charge in [0.25, 0.3) is 0 Å². The van der Waals surface area contributed by atoms with Crippen molar-refractivity contribution in [2.75, 3.05) is 19.6 Å². The van der Waals surface area contributed by atoms with E-state index in [-0.39, 0.29) is 36.3 Å². The smallest absolute Gasteiger partial charge is 0.340 e. The first-order chi connectivity index (χ1) is 10.3. The molecule has 1 amide bonds. The van der Waals surface area contributed by atoms with Gasteiger partial charge in [-0.15, -0.1) is 12.4 Å². The molecule has 0 aromatic heterocycles. The number of hydrogen-bond donors (Lipinski definition) is 1. The summed E-state index contributed by atoms with van der Waals surface area (Å²) in [6.45, 7) is 5.60. The summed E-state index contributed by atoms with van der Waals surface area (Å²) >= 11 is 0. The molecule has 7 heteroatoms. The second-order valence-corrected chi connectivity index (χ2v) is 5.89. The van der Waals surface area contributed by atoms with Crippen LogP contribution in [0.2, 0.25) is 0 Å². The summed E-state index contributed by atoms with van der Waals surface area (Å²) in [5, 5.41) is 3.24. The summed E-state index contributed by atoms with van der Waals surface area (Å²) in [5.41, 5.74) is -0.462. The summed E-state index contributed by atoms with van der Waals surface area (Å²) in [5.74, 6) is -0.548. The highest BCUT2D eigenvalue weighted by Crippen LogP contribution is 2.36. The molecule has 3 nitrogen and oxygen atoms in total. The van der Waals surface area contributed by atoms with E-state index in [1.54, 1.807) is 17.9 Å². The van der Waals surface area contributed by atoms with Crippen LogP contribution in [0.25, 0.3) is 0 Å². The number of benzene rings is 1. The summed E-state index contributed by atoms with van der Waals surface area (Å²) in [6, 6.07) is 5.71. The van der Waals surface area contributed by atoms with Crippen LogP contribution in [0.1, 0.15) is 37.3 Å². The van der Waals surface area contributed by atoms with Crippen LogP contribution in [0.3, 0.4) is 0 Å². The van der Waals surface area contributed by atoms with E-state index in [4.69, 9.17) is 0 Å². The third-order valence-electron chi connectivity index (χ3n) is 4.00. The Morgan fingerprint density at radius 3 is 2.65 bits per heavy atom. The second kappa shape index (κ2) is 8.02. The minimum atomic E-state index is -4.39. The van der Waals surface area contributed by atoms with E-state index in [1.807, 2.05) is 6.92 Å². The molecule has 1 aliphatic heterocycles. The maximum Gasteiger partial charge on any atom is 0.416 e. The fraction of sp³-hybridized carbons (Fsp3) is 0.562. The number of hydrogen-bond acceptors (Lipinski definition) is 2. The van der Waals surface area contributed by atoms with Gasteiger partial charge >= 0.3 is 6.18 Å². The SMILES string of the molecule is CC1CN(C(=O)CC(C)c2ccccc2C(F)(F)F)CCN1.Cl. The third-order valence-corrected chi connectivity index (χ3v) is 4.00. The molecule has 23 heavy (non-hydrogen) atoms. The van der Waals surface area contributed by atoms with Gasteiger partial charge in [0.05, 0.1) is 5.56 Å². The number of amides is 1.